The van der Waals surface area contributed by atoms with Gasteiger partial charge in [0, 0.05) is 11.9 Å². The molecule has 0 radical (unpaired) electrons. The molecule has 2 heterocycles. The first-order valence-electron chi connectivity index (χ1n) is 7.52. The van der Waals surface area contributed by atoms with Gasteiger partial charge in [-0.1, -0.05) is 24.6 Å². The number of nitrogens with zero attached hydrogens (tertiary/aromatic N) is 3. The van der Waals surface area contributed by atoms with E-state index in [1.165, 1.54) is 19.3 Å². The number of fused-ring (bicyclic) bond motifs is 1. The number of para-hydroxylation sites is 1. The molecule has 1 fully saturated rings. The Morgan fingerprint density at radius 2 is 2.00 bits per heavy atom. The minimum Gasteiger partial charge on any atom is -0.475 e. The lowest BCUT2D eigenvalue weighted by Gasteiger charge is -2.26. The molecule has 0 N–H and O–H groups in total. The van der Waals surface area contributed by atoms with Crippen LogP contribution in [0.1, 0.15) is 24.8 Å². The van der Waals surface area contributed by atoms with Crippen LogP contribution in [0.2, 0.25) is 0 Å². The number of nitriles is 1. The minimum atomic E-state index is 0.452. The second kappa shape index (κ2) is 6.55. The van der Waals surface area contributed by atoms with Crippen LogP contribution >= 0.6 is 0 Å². The number of likely N-dealkylation sites (tertiary alicyclic amines) is 1. The number of aromatic nitrogens is 1. The lowest BCUT2D eigenvalue weighted by atomic mass is 10.1. The maximum absolute atomic E-state index is 9.25. The molecule has 4 heteroatoms. The number of ether oxygens (including phenoxy) is 1. The van der Waals surface area contributed by atoms with Gasteiger partial charge in [0.2, 0.25) is 5.88 Å². The zero-order chi connectivity index (χ0) is 14.5. The summed E-state index contributed by atoms with van der Waals surface area (Å²) in [4.78, 5) is 6.88. The first-order chi connectivity index (χ1) is 10.4. The van der Waals surface area contributed by atoms with Gasteiger partial charge in [-0.3, -0.25) is 4.90 Å². The summed E-state index contributed by atoms with van der Waals surface area (Å²) in [6.07, 6.45) is 3.89. The van der Waals surface area contributed by atoms with Crippen LogP contribution in [-0.2, 0) is 0 Å². The van der Waals surface area contributed by atoms with Gasteiger partial charge in [-0.25, -0.2) is 4.98 Å². The maximum Gasteiger partial charge on any atom is 0.232 e. The van der Waals surface area contributed by atoms with E-state index in [1.54, 1.807) is 0 Å². The predicted octanol–water partition coefficient (Wildman–Crippen LogP) is 2.97. The molecule has 0 unspecified atom stereocenters. The van der Waals surface area contributed by atoms with E-state index in [9.17, 15) is 5.26 Å². The van der Waals surface area contributed by atoms with Crippen molar-refractivity contribution in [1.29, 1.82) is 5.26 Å². The van der Waals surface area contributed by atoms with Gasteiger partial charge in [0.05, 0.1) is 5.52 Å². The summed E-state index contributed by atoms with van der Waals surface area (Å²) in [5, 5.41) is 10.2. The molecule has 21 heavy (non-hydrogen) atoms. The topological polar surface area (TPSA) is 49.1 Å². The average Bonchev–Trinajstić information content (AvgIpc) is 2.55. The highest BCUT2D eigenvalue weighted by atomic mass is 16.5. The Kier molecular flexibility index (Phi) is 4.32. The lowest BCUT2D eigenvalue weighted by Crippen LogP contribution is -2.33. The molecule has 0 amide bonds. The first-order valence-corrected chi connectivity index (χ1v) is 7.52. The van der Waals surface area contributed by atoms with Gasteiger partial charge < -0.3 is 4.74 Å². The Hall–Kier alpha value is -2.12. The van der Waals surface area contributed by atoms with Crippen LogP contribution in [0.15, 0.2) is 30.3 Å². The predicted molar refractivity (Wildman–Crippen MR) is 82.2 cm³/mol. The van der Waals surface area contributed by atoms with Gasteiger partial charge in [0.25, 0.3) is 0 Å². The van der Waals surface area contributed by atoms with E-state index in [1.807, 2.05) is 30.3 Å². The quantitative estimate of drug-likeness (QED) is 0.864. The molecule has 0 saturated carbocycles. The highest BCUT2D eigenvalue weighted by Crippen LogP contribution is 2.21. The highest BCUT2D eigenvalue weighted by Gasteiger charge is 2.11. The summed E-state index contributed by atoms with van der Waals surface area (Å²) in [5.41, 5.74) is 1.37. The van der Waals surface area contributed by atoms with Crippen LogP contribution < -0.4 is 4.74 Å². The molecule has 1 saturated heterocycles. The van der Waals surface area contributed by atoms with E-state index in [0.717, 1.165) is 30.5 Å². The minimum absolute atomic E-state index is 0.452. The third-order valence-corrected chi connectivity index (χ3v) is 3.90. The number of piperidine rings is 1. The summed E-state index contributed by atoms with van der Waals surface area (Å²) in [7, 11) is 0. The average molecular weight is 281 g/mol. The van der Waals surface area contributed by atoms with Crippen molar-refractivity contribution in [3.8, 4) is 11.9 Å². The zero-order valence-corrected chi connectivity index (χ0v) is 12.1. The molecule has 108 valence electrons. The van der Waals surface area contributed by atoms with Crippen LogP contribution in [0.25, 0.3) is 10.9 Å². The lowest BCUT2D eigenvalue weighted by molar-refractivity contribution is 0.180. The molecular weight excluding hydrogens is 262 g/mol. The maximum atomic E-state index is 9.25. The summed E-state index contributed by atoms with van der Waals surface area (Å²) in [6, 6.07) is 11.8. The van der Waals surface area contributed by atoms with Gasteiger partial charge in [0.15, 0.2) is 0 Å². The molecule has 0 atom stereocenters. The standard InChI is InChI=1S/C17H19N3O/c18-13-15-12-14-6-2-3-7-16(14)19-17(15)21-11-10-20-8-4-1-5-9-20/h2-3,6-7,12H,1,4-5,8-11H2. The van der Waals surface area contributed by atoms with Crippen molar-refractivity contribution in [2.24, 2.45) is 0 Å². The third-order valence-electron chi connectivity index (χ3n) is 3.90. The molecule has 4 nitrogen and oxygen atoms in total. The number of rotatable bonds is 4. The fourth-order valence-electron chi connectivity index (χ4n) is 2.74. The highest BCUT2D eigenvalue weighted by molar-refractivity contribution is 5.80. The second-order valence-electron chi connectivity index (χ2n) is 5.40. The van der Waals surface area contributed by atoms with Crippen molar-refractivity contribution < 1.29 is 4.74 Å². The Labute approximate surface area is 125 Å². The van der Waals surface area contributed by atoms with Crippen LogP contribution in [0.4, 0.5) is 0 Å². The van der Waals surface area contributed by atoms with Crippen LogP contribution in [0.3, 0.4) is 0 Å². The SMILES string of the molecule is N#Cc1cc2ccccc2nc1OCCN1CCCCC1. The van der Waals surface area contributed by atoms with Crippen molar-refractivity contribution in [2.45, 2.75) is 19.3 Å². The van der Waals surface area contributed by atoms with Crippen LogP contribution in [0, 0.1) is 11.3 Å². The third kappa shape index (κ3) is 3.32. The van der Waals surface area contributed by atoms with Crippen molar-refractivity contribution in [1.82, 2.24) is 9.88 Å². The first kappa shape index (κ1) is 13.8. The van der Waals surface area contributed by atoms with E-state index < -0.39 is 0 Å². The van der Waals surface area contributed by atoms with Crippen LogP contribution in [-0.4, -0.2) is 36.1 Å². The molecule has 1 aromatic heterocycles. The molecular formula is C17H19N3O. The summed E-state index contributed by atoms with van der Waals surface area (Å²) in [6.45, 7) is 3.79. The van der Waals surface area contributed by atoms with Crippen molar-refractivity contribution in [2.75, 3.05) is 26.2 Å². The molecule has 1 aliphatic rings. The Balaban J connectivity index is 1.69. The smallest absolute Gasteiger partial charge is 0.232 e. The van der Waals surface area contributed by atoms with E-state index in [4.69, 9.17) is 4.74 Å². The Morgan fingerprint density at radius 1 is 1.19 bits per heavy atom. The molecule has 1 aliphatic heterocycles. The number of hydrogen-bond acceptors (Lipinski definition) is 4. The van der Waals surface area contributed by atoms with Crippen molar-refractivity contribution in [3.63, 3.8) is 0 Å². The van der Waals surface area contributed by atoms with E-state index in [0.29, 0.717) is 18.1 Å². The molecule has 0 aliphatic carbocycles. The number of pyridine rings is 1. The van der Waals surface area contributed by atoms with Crippen molar-refractivity contribution in [3.05, 3.63) is 35.9 Å². The van der Waals surface area contributed by atoms with Gasteiger partial charge in [-0.15, -0.1) is 0 Å². The summed E-state index contributed by atoms with van der Waals surface area (Å²) >= 11 is 0. The fraction of sp³-hybridized carbons (Fsp3) is 0.412. The molecule has 3 rings (SSSR count). The second-order valence-corrected chi connectivity index (χ2v) is 5.40. The number of hydrogen-bond donors (Lipinski definition) is 0. The molecule has 0 spiro atoms. The Morgan fingerprint density at radius 3 is 2.81 bits per heavy atom. The van der Waals surface area contributed by atoms with Gasteiger partial charge in [-0.05, 0) is 38.1 Å². The van der Waals surface area contributed by atoms with Crippen molar-refractivity contribution >= 4 is 10.9 Å². The monoisotopic (exact) mass is 281 g/mol. The summed E-state index contributed by atoms with van der Waals surface area (Å²) < 4.78 is 5.76. The van der Waals surface area contributed by atoms with E-state index in [2.05, 4.69) is 16.0 Å². The van der Waals surface area contributed by atoms with Crippen LogP contribution in [0.5, 0.6) is 5.88 Å². The van der Waals surface area contributed by atoms with Gasteiger partial charge in [-0.2, -0.15) is 5.26 Å². The molecule has 1 aromatic carbocycles. The normalized spacial score (nSPS) is 15.8. The Bertz CT molecular complexity index is 657. The van der Waals surface area contributed by atoms with Gasteiger partial charge >= 0.3 is 0 Å². The fourth-order valence-corrected chi connectivity index (χ4v) is 2.74. The number of benzene rings is 1. The molecule has 0 bridgehead atoms. The summed E-state index contributed by atoms with van der Waals surface area (Å²) in [5.74, 6) is 0.452. The largest absolute Gasteiger partial charge is 0.475 e. The zero-order valence-electron chi connectivity index (χ0n) is 12.1. The van der Waals surface area contributed by atoms with E-state index >= 15 is 0 Å². The molecule has 2 aromatic rings. The van der Waals surface area contributed by atoms with E-state index in [-0.39, 0.29) is 0 Å². The van der Waals surface area contributed by atoms with Gasteiger partial charge in [0.1, 0.15) is 18.2 Å².